The smallest absolute Gasteiger partial charge is 0.354 e. The van der Waals surface area contributed by atoms with E-state index in [2.05, 4.69) is 15.6 Å². The third kappa shape index (κ3) is 6.17. The summed E-state index contributed by atoms with van der Waals surface area (Å²) in [6, 6.07) is 4.52. The van der Waals surface area contributed by atoms with Gasteiger partial charge in [-0.2, -0.15) is 17.5 Å². The van der Waals surface area contributed by atoms with Gasteiger partial charge in [0.1, 0.15) is 5.82 Å². The van der Waals surface area contributed by atoms with Crippen molar-refractivity contribution < 1.29 is 26.0 Å². The number of alkyl halides is 3. The average molecular weight is 538 g/mol. The maximum atomic E-state index is 13.3. The van der Waals surface area contributed by atoms with E-state index in [9.17, 15) is 26.0 Å². The van der Waals surface area contributed by atoms with Crippen LogP contribution in [0.25, 0.3) is 0 Å². The monoisotopic (exact) mass is 538 g/mol. The van der Waals surface area contributed by atoms with Gasteiger partial charge in [0.2, 0.25) is 0 Å². The molecule has 0 atom stereocenters. The minimum Gasteiger partial charge on any atom is -0.354 e. The van der Waals surface area contributed by atoms with E-state index in [0.29, 0.717) is 22.4 Å². The zero-order valence-electron chi connectivity index (χ0n) is 15.4. The minimum absolute atomic E-state index is 0. The van der Waals surface area contributed by atoms with Crippen LogP contribution in [-0.4, -0.2) is 50.4 Å². The fraction of sp³-hybridized carbons (Fsp3) is 0.562. The Bertz CT molecular complexity index is 794. The summed E-state index contributed by atoms with van der Waals surface area (Å²) in [7, 11) is -3.73. The van der Waals surface area contributed by atoms with Gasteiger partial charge in [-0.1, -0.05) is 12.1 Å². The van der Waals surface area contributed by atoms with Crippen LogP contribution in [0.2, 0.25) is 0 Å². The Morgan fingerprint density at radius 3 is 2.39 bits per heavy atom. The molecule has 1 saturated heterocycles. The summed E-state index contributed by atoms with van der Waals surface area (Å²) in [6.07, 6.45) is 0.456. The Morgan fingerprint density at radius 2 is 1.89 bits per heavy atom. The van der Waals surface area contributed by atoms with Gasteiger partial charge in [-0.3, -0.25) is 4.99 Å². The molecule has 1 heterocycles. The Morgan fingerprint density at radius 1 is 1.29 bits per heavy atom. The molecule has 1 aromatic rings. The molecule has 0 radical (unpaired) electrons. The lowest BCUT2D eigenvalue weighted by molar-refractivity contribution is -0.0494. The highest BCUT2D eigenvalue weighted by atomic mass is 127. The summed E-state index contributed by atoms with van der Waals surface area (Å²) in [5, 5.41) is 6.12. The molecular formula is C16H23F4IN4O2S. The normalized spacial score (nSPS) is 17.1. The number of benzene rings is 1. The van der Waals surface area contributed by atoms with Gasteiger partial charge in [0, 0.05) is 32.7 Å². The number of piperidine rings is 1. The molecule has 1 aliphatic heterocycles. The second kappa shape index (κ2) is 10.1. The molecule has 0 unspecified atom stereocenters. The Balaban J connectivity index is 0.00000392. The van der Waals surface area contributed by atoms with Gasteiger partial charge < -0.3 is 10.6 Å². The van der Waals surface area contributed by atoms with Gasteiger partial charge in [-0.05, 0) is 37.0 Å². The lowest BCUT2D eigenvalue weighted by Gasteiger charge is -2.32. The largest absolute Gasteiger partial charge is 0.511 e. The second-order valence-electron chi connectivity index (χ2n) is 6.28. The quantitative estimate of drug-likeness (QED) is 0.268. The van der Waals surface area contributed by atoms with Crippen LogP contribution in [0.1, 0.15) is 24.0 Å². The lowest BCUT2D eigenvalue weighted by Crippen LogP contribution is -2.51. The predicted octanol–water partition coefficient (Wildman–Crippen LogP) is 2.73. The highest BCUT2D eigenvalue weighted by molar-refractivity contribution is 14.0. The Kier molecular flexibility index (Phi) is 8.93. The summed E-state index contributed by atoms with van der Waals surface area (Å²) in [5.74, 6) is 0.149. The third-order valence-corrected chi connectivity index (χ3v) is 5.96. The summed E-state index contributed by atoms with van der Waals surface area (Å²) in [6.45, 7) is 1.62. The van der Waals surface area contributed by atoms with Crippen LogP contribution in [0.3, 0.4) is 0 Å². The van der Waals surface area contributed by atoms with Crippen LogP contribution in [0, 0.1) is 12.7 Å². The molecule has 2 N–H and O–H groups in total. The molecule has 6 nitrogen and oxygen atoms in total. The lowest BCUT2D eigenvalue weighted by atomic mass is 10.1. The predicted molar refractivity (Wildman–Crippen MR) is 109 cm³/mol. The molecule has 0 bridgehead atoms. The number of guanidine groups is 1. The molecule has 160 valence electrons. The van der Waals surface area contributed by atoms with E-state index in [4.69, 9.17) is 0 Å². The van der Waals surface area contributed by atoms with Crippen LogP contribution in [0.15, 0.2) is 23.2 Å². The van der Waals surface area contributed by atoms with Crippen molar-refractivity contribution >= 4 is 40.0 Å². The molecule has 12 heteroatoms. The average Bonchev–Trinajstić information content (AvgIpc) is 2.61. The molecule has 28 heavy (non-hydrogen) atoms. The molecule has 0 aliphatic carbocycles. The van der Waals surface area contributed by atoms with E-state index in [1.807, 2.05) is 0 Å². The summed E-state index contributed by atoms with van der Waals surface area (Å²) < 4.78 is 74.4. The van der Waals surface area contributed by atoms with Gasteiger partial charge in [-0.25, -0.2) is 12.8 Å². The summed E-state index contributed by atoms with van der Waals surface area (Å²) in [5.41, 5.74) is -3.91. The van der Waals surface area contributed by atoms with Crippen LogP contribution >= 0.6 is 24.0 Å². The van der Waals surface area contributed by atoms with Gasteiger partial charge >= 0.3 is 15.5 Å². The highest BCUT2D eigenvalue weighted by Crippen LogP contribution is 2.28. The van der Waals surface area contributed by atoms with Gasteiger partial charge in [0.05, 0.1) is 0 Å². The number of sulfonamides is 1. The van der Waals surface area contributed by atoms with E-state index in [-0.39, 0.29) is 61.8 Å². The SMILES string of the molecule is CN=C(NCc1ccc(F)c(C)c1)NC1CCN(S(=O)(=O)C(F)(F)F)CC1.I. The standard InChI is InChI=1S/C16H22F4N4O2S.HI/c1-11-9-12(3-4-14(11)17)10-22-15(21-2)23-13-5-7-24(8-6-13)27(25,26)16(18,19)20;/h3-4,9,13H,5-8,10H2,1-2H3,(H2,21,22,23);1H. The van der Waals surface area contributed by atoms with E-state index >= 15 is 0 Å². The van der Waals surface area contributed by atoms with Crippen molar-refractivity contribution in [3.05, 3.63) is 35.1 Å². The first-order valence-electron chi connectivity index (χ1n) is 8.33. The molecule has 1 aliphatic rings. The van der Waals surface area contributed by atoms with Crippen LogP contribution in [0.4, 0.5) is 17.6 Å². The number of nitrogens with zero attached hydrogens (tertiary/aromatic N) is 2. The van der Waals surface area contributed by atoms with Crippen molar-refractivity contribution in [1.29, 1.82) is 0 Å². The number of nitrogens with one attached hydrogen (secondary N) is 2. The number of rotatable bonds is 4. The molecule has 2 rings (SSSR count). The molecule has 0 saturated carbocycles. The minimum atomic E-state index is -5.28. The van der Waals surface area contributed by atoms with Gasteiger partial charge in [0.25, 0.3) is 0 Å². The second-order valence-corrected chi connectivity index (χ2v) is 8.21. The van der Waals surface area contributed by atoms with Crippen LogP contribution < -0.4 is 10.6 Å². The molecule has 0 amide bonds. The zero-order valence-corrected chi connectivity index (χ0v) is 18.5. The summed E-state index contributed by atoms with van der Waals surface area (Å²) in [4.78, 5) is 4.05. The molecule has 0 spiro atoms. The van der Waals surface area contributed by atoms with Crippen LogP contribution in [0.5, 0.6) is 0 Å². The first kappa shape index (κ1) is 24.9. The number of hydrogen-bond donors (Lipinski definition) is 2. The van der Waals surface area contributed by atoms with Crippen molar-refractivity contribution in [3.8, 4) is 0 Å². The van der Waals surface area contributed by atoms with E-state index < -0.39 is 15.5 Å². The van der Waals surface area contributed by atoms with Crippen molar-refractivity contribution in [2.75, 3.05) is 20.1 Å². The number of aryl methyl sites for hydroxylation is 1. The first-order valence-corrected chi connectivity index (χ1v) is 9.77. The number of halogens is 5. The van der Waals surface area contributed by atoms with Crippen molar-refractivity contribution in [3.63, 3.8) is 0 Å². The van der Waals surface area contributed by atoms with E-state index in [1.54, 1.807) is 26.1 Å². The number of hydrogen-bond acceptors (Lipinski definition) is 3. The summed E-state index contributed by atoms with van der Waals surface area (Å²) >= 11 is 0. The maximum absolute atomic E-state index is 13.3. The van der Waals surface area contributed by atoms with Crippen molar-refractivity contribution in [1.82, 2.24) is 14.9 Å². The molecule has 1 fully saturated rings. The van der Waals surface area contributed by atoms with Crippen molar-refractivity contribution in [2.24, 2.45) is 4.99 Å². The van der Waals surface area contributed by atoms with E-state index in [0.717, 1.165) is 5.56 Å². The van der Waals surface area contributed by atoms with Gasteiger partial charge in [0.15, 0.2) is 5.96 Å². The van der Waals surface area contributed by atoms with Crippen LogP contribution in [-0.2, 0) is 16.6 Å². The first-order chi connectivity index (χ1) is 12.5. The molecule has 0 aromatic heterocycles. The Labute approximate surface area is 178 Å². The van der Waals surface area contributed by atoms with Gasteiger partial charge in [-0.15, -0.1) is 24.0 Å². The fourth-order valence-electron chi connectivity index (χ4n) is 2.78. The fourth-order valence-corrected chi connectivity index (χ4v) is 3.76. The zero-order chi connectivity index (χ0) is 20.2. The number of aliphatic imine (C=N–C) groups is 1. The Hall–Kier alpha value is -1.15. The highest BCUT2D eigenvalue weighted by Gasteiger charge is 2.50. The van der Waals surface area contributed by atoms with Crippen molar-refractivity contribution in [2.45, 2.75) is 37.9 Å². The topological polar surface area (TPSA) is 73.8 Å². The molecular weight excluding hydrogens is 515 g/mol. The van der Waals surface area contributed by atoms with E-state index in [1.165, 1.54) is 6.07 Å². The maximum Gasteiger partial charge on any atom is 0.511 e. The molecule has 1 aromatic carbocycles. The third-order valence-electron chi connectivity index (χ3n) is 4.33.